The Morgan fingerprint density at radius 2 is 2.07 bits per heavy atom. The lowest BCUT2D eigenvalue weighted by atomic mass is 10.0. The molecule has 1 aromatic carbocycles. The van der Waals surface area contributed by atoms with Gasteiger partial charge in [0.05, 0.1) is 6.10 Å². The fourth-order valence-electron chi connectivity index (χ4n) is 1.74. The maximum atomic E-state index is 13.4. The Bertz CT molecular complexity index is 374. The highest BCUT2D eigenvalue weighted by molar-refractivity contribution is 5.40. The van der Waals surface area contributed by atoms with Crippen molar-refractivity contribution in [2.75, 3.05) is 0 Å². The van der Waals surface area contributed by atoms with Gasteiger partial charge < -0.3 is 4.74 Å². The largest absolute Gasteiger partial charge is 0.487 e. The fourth-order valence-corrected chi connectivity index (χ4v) is 1.74. The third-order valence-corrected chi connectivity index (χ3v) is 2.56. The normalized spacial score (nSPS) is 20.1. The summed E-state index contributed by atoms with van der Waals surface area (Å²) in [5, 5.41) is 0. The van der Waals surface area contributed by atoms with Gasteiger partial charge in [0.2, 0.25) is 5.82 Å². The van der Waals surface area contributed by atoms with Crippen molar-refractivity contribution in [2.24, 2.45) is 0 Å². The molecule has 1 aliphatic rings. The van der Waals surface area contributed by atoms with E-state index < -0.39 is 11.6 Å². The molecule has 1 nitrogen and oxygen atoms in total. The number of rotatable bonds is 0. The molecule has 0 spiro atoms. The molecular weight excluding hydrogens is 186 g/mol. The number of aryl methyl sites for hydroxylation is 2. The van der Waals surface area contributed by atoms with Crippen molar-refractivity contribution >= 4 is 0 Å². The molecule has 0 fully saturated rings. The molecule has 76 valence electrons. The van der Waals surface area contributed by atoms with Crippen LogP contribution in [0.3, 0.4) is 0 Å². The maximum Gasteiger partial charge on any atom is 0.201 e. The monoisotopic (exact) mass is 198 g/mol. The Balaban J connectivity index is 2.55. The molecule has 3 heteroatoms. The molecule has 0 saturated heterocycles. The molecule has 2 rings (SSSR count). The van der Waals surface area contributed by atoms with E-state index >= 15 is 0 Å². The number of fused-ring (bicyclic) bond motifs is 1. The summed E-state index contributed by atoms with van der Waals surface area (Å²) in [4.78, 5) is 0. The van der Waals surface area contributed by atoms with Crippen LogP contribution in [0.4, 0.5) is 8.78 Å². The number of halogens is 2. The van der Waals surface area contributed by atoms with Crippen molar-refractivity contribution in [3.8, 4) is 5.75 Å². The molecule has 14 heavy (non-hydrogen) atoms. The Morgan fingerprint density at radius 3 is 2.79 bits per heavy atom. The lowest BCUT2D eigenvalue weighted by Crippen LogP contribution is -2.20. The standard InChI is InChI=1S/C11H12F2O/c1-6-5-8-4-3-7(2)14-11(8)10(13)9(6)12/h5,7H,3-4H2,1-2H3. The quantitative estimate of drug-likeness (QED) is 0.622. The average molecular weight is 198 g/mol. The second-order valence-electron chi connectivity index (χ2n) is 3.78. The molecule has 0 aliphatic carbocycles. The minimum Gasteiger partial charge on any atom is -0.487 e. The number of hydrogen-bond donors (Lipinski definition) is 0. The molecule has 0 radical (unpaired) electrons. The van der Waals surface area contributed by atoms with Gasteiger partial charge in [0, 0.05) is 0 Å². The van der Waals surface area contributed by atoms with Gasteiger partial charge in [0.25, 0.3) is 0 Å². The molecule has 0 saturated carbocycles. The van der Waals surface area contributed by atoms with Crippen molar-refractivity contribution < 1.29 is 13.5 Å². The van der Waals surface area contributed by atoms with E-state index in [1.165, 1.54) is 0 Å². The highest BCUT2D eigenvalue weighted by Gasteiger charge is 2.23. The highest BCUT2D eigenvalue weighted by Crippen LogP contribution is 2.33. The Labute approximate surface area is 81.7 Å². The first-order valence-electron chi connectivity index (χ1n) is 4.73. The fraction of sp³-hybridized carbons (Fsp3) is 0.455. The molecule has 0 bridgehead atoms. The van der Waals surface area contributed by atoms with Gasteiger partial charge in [0.15, 0.2) is 11.6 Å². The maximum absolute atomic E-state index is 13.4. The van der Waals surface area contributed by atoms with Crippen molar-refractivity contribution in [1.82, 2.24) is 0 Å². The van der Waals surface area contributed by atoms with Gasteiger partial charge in [-0.1, -0.05) is 0 Å². The average Bonchev–Trinajstić information content (AvgIpc) is 2.16. The third-order valence-electron chi connectivity index (χ3n) is 2.56. The predicted molar refractivity (Wildman–Crippen MR) is 49.5 cm³/mol. The first kappa shape index (κ1) is 9.44. The van der Waals surface area contributed by atoms with Crippen LogP contribution >= 0.6 is 0 Å². The summed E-state index contributed by atoms with van der Waals surface area (Å²) >= 11 is 0. The van der Waals surface area contributed by atoms with E-state index in [1.807, 2.05) is 6.92 Å². The summed E-state index contributed by atoms with van der Waals surface area (Å²) in [7, 11) is 0. The number of hydrogen-bond acceptors (Lipinski definition) is 1. The molecule has 0 aromatic heterocycles. The topological polar surface area (TPSA) is 9.23 Å². The van der Waals surface area contributed by atoms with Crippen LogP contribution in [0.25, 0.3) is 0 Å². The summed E-state index contributed by atoms with van der Waals surface area (Å²) in [5.41, 5.74) is 1.12. The first-order valence-corrected chi connectivity index (χ1v) is 4.73. The molecular formula is C11H12F2O. The Kier molecular flexibility index (Phi) is 2.17. The zero-order valence-electron chi connectivity index (χ0n) is 8.23. The zero-order valence-corrected chi connectivity index (χ0v) is 8.23. The SMILES string of the molecule is Cc1cc2c(c(F)c1F)OC(C)CC2. The molecule has 0 N–H and O–H groups in total. The minimum atomic E-state index is -0.841. The van der Waals surface area contributed by atoms with Crippen molar-refractivity contribution in [3.63, 3.8) is 0 Å². The summed E-state index contributed by atoms with van der Waals surface area (Å²) in [6, 6.07) is 1.67. The second kappa shape index (κ2) is 3.23. The van der Waals surface area contributed by atoms with E-state index in [9.17, 15) is 8.78 Å². The van der Waals surface area contributed by atoms with E-state index in [2.05, 4.69) is 0 Å². The second-order valence-corrected chi connectivity index (χ2v) is 3.78. The molecule has 1 unspecified atom stereocenters. The van der Waals surface area contributed by atoms with Gasteiger partial charge in [-0.3, -0.25) is 0 Å². The van der Waals surface area contributed by atoms with E-state index in [-0.39, 0.29) is 11.9 Å². The van der Waals surface area contributed by atoms with Crippen molar-refractivity contribution in [1.29, 1.82) is 0 Å². The van der Waals surface area contributed by atoms with Gasteiger partial charge >= 0.3 is 0 Å². The highest BCUT2D eigenvalue weighted by atomic mass is 19.2. The number of ether oxygens (including phenoxy) is 1. The van der Waals surface area contributed by atoms with Gasteiger partial charge in [-0.2, -0.15) is 4.39 Å². The van der Waals surface area contributed by atoms with Gasteiger partial charge in [0.1, 0.15) is 0 Å². The van der Waals surface area contributed by atoms with Crippen LogP contribution in [-0.4, -0.2) is 6.10 Å². The van der Waals surface area contributed by atoms with E-state index in [1.54, 1.807) is 13.0 Å². The van der Waals surface area contributed by atoms with Crippen LogP contribution in [0.2, 0.25) is 0 Å². The first-order chi connectivity index (χ1) is 6.59. The summed E-state index contributed by atoms with van der Waals surface area (Å²) < 4.78 is 31.9. The van der Waals surface area contributed by atoms with Crippen LogP contribution in [-0.2, 0) is 6.42 Å². The Hall–Kier alpha value is -1.12. The van der Waals surface area contributed by atoms with E-state index in [0.717, 1.165) is 18.4 Å². The molecule has 1 atom stereocenters. The molecule has 1 aliphatic heterocycles. The smallest absolute Gasteiger partial charge is 0.201 e. The van der Waals surface area contributed by atoms with Gasteiger partial charge in [-0.05, 0) is 43.9 Å². The van der Waals surface area contributed by atoms with Crippen molar-refractivity contribution in [2.45, 2.75) is 32.8 Å². The number of benzene rings is 1. The summed E-state index contributed by atoms with van der Waals surface area (Å²) in [6.07, 6.45) is 1.59. The third kappa shape index (κ3) is 1.37. The summed E-state index contributed by atoms with van der Waals surface area (Å²) in [5.74, 6) is -1.53. The van der Waals surface area contributed by atoms with Crippen molar-refractivity contribution in [3.05, 3.63) is 28.8 Å². The molecule has 0 amide bonds. The lowest BCUT2D eigenvalue weighted by Gasteiger charge is -2.24. The molecule has 1 heterocycles. The Morgan fingerprint density at radius 1 is 1.36 bits per heavy atom. The van der Waals surface area contributed by atoms with Gasteiger partial charge in [-0.15, -0.1) is 0 Å². The van der Waals surface area contributed by atoms with Crippen LogP contribution in [0.1, 0.15) is 24.5 Å². The van der Waals surface area contributed by atoms with E-state index in [4.69, 9.17) is 4.74 Å². The van der Waals surface area contributed by atoms with Crippen LogP contribution < -0.4 is 4.74 Å². The zero-order chi connectivity index (χ0) is 10.3. The van der Waals surface area contributed by atoms with Gasteiger partial charge in [-0.25, -0.2) is 4.39 Å². The van der Waals surface area contributed by atoms with Crippen LogP contribution in [0.15, 0.2) is 6.07 Å². The molecule has 1 aromatic rings. The van der Waals surface area contributed by atoms with Crippen LogP contribution in [0, 0.1) is 18.6 Å². The predicted octanol–water partition coefficient (Wildman–Crippen LogP) is 2.99. The van der Waals surface area contributed by atoms with E-state index in [0.29, 0.717) is 5.56 Å². The lowest BCUT2D eigenvalue weighted by molar-refractivity contribution is 0.180. The van der Waals surface area contributed by atoms with Crippen LogP contribution in [0.5, 0.6) is 5.75 Å². The minimum absolute atomic E-state index is 0.0286. The summed E-state index contributed by atoms with van der Waals surface area (Å²) in [6.45, 7) is 3.43.